The van der Waals surface area contributed by atoms with E-state index in [0.29, 0.717) is 5.52 Å². The second-order valence-electron chi connectivity index (χ2n) is 9.69. The van der Waals surface area contributed by atoms with Crippen LogP contribution in [0.25, 0.3) is 10.9 Å². The maximum Gasteiger partial charge on any atom is 0.414 e. The highest BCUT2D eigenvalue weighted by molar-refractivity contribution is 6.02. The summed E-state index contributed by atoms with van der Waals surface area (Å²) in [7, 11) is 1.53. The largest absolute Gasteiger partial charge is 0.481 e. The number of hydrogen-bond acceptors (Lipinski definition) is 7. The molecule has 0 saturated carbocycles. The second-order valence-corrected chi connectivity index (χ2v) is 9.69. The van der Waals surface area contributed by atoms with E-state index >= 15 is 8.78 Å². The molecule has 1 saturated heterocycles. The van der Waals surface area contributed by atoms with Gasteiger partial charge < -0.3 is 25.4 Å². The van der Waals surface area contributed by atoms with Crippen LogP contribution in [0.4, 0.5) is 30.6 Å². The number of carboxylic acids is 1. The van der Waals surface area contributed by atoms with E-state index in [1.165, 1.54) is 35.7 Å². The summed E-state index contributed by atoms with van der Waals surface area (Å²) in [6.45, 7) is 3.62. The van der Waals surface area contributed by atoms with Crippen molar-refractivity contribution in [2.45, 2.75) is 32.9 Å². The molecule has 1 aliphatic rings. The van der Waals surface area contributed by atoms with Crippen molar-refractivity contribution in [3.05, 3.63) is 52.3 Å². The molecule has 2 aromatic carbocycles. The van der Waals surface area contributed by atoms with E-state index in [9.17, 15) is 24.0 Å². The lowest BCUT2D eigenvalue weighted by molar-refractivity contribution is -0.139. The van der Waals surface area contributed by atoms with Crippen molar-refractivity contribution in [2.75, 3.05) is 41.3 Å². The molecule has 15 heteroatoms. The van der Waals surface area contributed by atoms with Gasteiger partial charge in [0.2, 0.25) is 11.8 Å². The van der Waals surface area contributed by atoms with Crippen LogP contribution in [-0.4, -0.2) is 70.6 Å². The molecule has 0 bridgehead atoms. The number of carbonyl (C=O) groups is 4. The predicted octanol–water partition coefficient (Wildman–Crippen LogP) is 2.02. The van der Waals surface area contributed by atoms with Crippen LogP contribution < -0.4 is 26.0 Å². The average molecular weight is 589 g/mol. The zero-order valence-electron chi connectivity index (χ0n) is 23.1. The number of amides is 3. The molecule has 3 aromatic rings. The van der Waals surface area contributed by atoms with E-state index in [4.69, 9.17) is 9.84 Å². The topological polar surface area (TPSA) is 155 Å². The molecular formula is C27H30F2N6O7. The number of nitrogens with zero attached hydrogens (tertiary/aromatic N) is 4. The van der Waals surface area contributed by atoms with Crippen molar-refractivity contribution >= 4 is 51.8 Å². The normalized spacial score (nSPS) is 14.6. The van der Waals surface area contributed by atoms with Crippen molar-refractivity contribution in [1.29, 1.82) is 0 Å². The lowest BCUT2D eigenvalue weighted by Gasteiger charge is -2.26. The predicted molar refractivity (Wildman–Crippen MR) is 149 cm³/mol. The molecule has 3 amide bonds. The fourth-order valence-corrected chi connectivity index (χ4v) is 4.82. The van der Waals surface area contributed by atoms with Gasteiger partial charge in [-0.25, -0.2) is 13.6 Å². The Morgan fingerprint density at radius 3 is 2.45 bits per heavy atom. The van der Waals surface area contributed by atoms with E-state index < -0.39 is 42.1 Å². The fourth-order valence-electron chi connectivity index (χ4n) is 4.82. The Morgan fingerprint density at radius 1 is 1.14 bits per heavy atom. The minimum Gasteiger partial charge on any atom is -0.481 e. The minimum atomic E-state index is -1.29. The van der Waals surface area contributed by atoms with Gasteiger partial charge in [-0.2, -0.15) is 0 Å². The molecule has 1 aromatic heterocycles. The Hall–Kier alpha value is -4.95. The van der Waals surface area contributed by atoms with Crippen molar-refractivity contribution in [2.24, 2.45) is 7.05 Å². The number of ether oxygens (including phenoxy) is 1. The van der Waals surface area contributed by atoms with Crippen molar-refractivity contribution < 1.29 is 37.8 Å². The summed E-state index contributed by atoms with van der Waals surface area (Å²) in [4.78, 5) is 61.4. The molecule has 0 aliphatic carbocycles. The number of cyclic esters (lactones) is 1. The molecule has 4 rings (SSSR count). The number of anilines is 3. The molecule has 0 spiro atoms. The van der Waals surface area contributed by atoms with Crippen LogP contribution in [0, 0.1) is 11.6 Å². The molecule has 3 N–H and O–H groups in total. The third kappa shape index (κ3) is 6.34. The molecule has 224 valence electrons. The van der Waals surface area contributed by atoms with Crippen LogP contribution in [0.3, 0.4) is 0 Å². The van der Waals surface area contributed by atoms with Gasteiger partial charge in [-0.15, -0.1) is 0 Å². The molecule has 2 heterocycles. The van der Waals surface area contributed by atoms with Gasteiger partial charge in [0, 0.05) is 44.9 Å². The zero-order valence-corrected chi connectivity index (χ0v) is 23.1. The molecule has 1 fully saturated rings. The third-order valence-electron chi connectivity index (χ3n) is 6.80. The molecule has 13 nitrogen and oxygen atoms in total. The second kappa shape index (κ2) is 12.3. The summed E-state index contributed by atoms with van der Waals surface area (Å²) in [6.07, 6.45) is -2.17. The highest BCUT2D eigenvalue weighted by Crippen LogP contribution is 2.31. The van der Waals surface area contributed by atoms with Crippen LogP contribution >= 0.6 is 0 Å². The highest BCUT2D eigenvalue weighted by Gasteiger charge is 2.33. The van der Waals surface area contributed by atoms with Gasteiger partial charge in [0.05, 0.1) is 36.2 Å². The first kappa shape index (κ1) is 30.0. The van der Waals surface area contributed by atoms with Gasteiger partial charge in [0.25, 0.3) is 5.56 Å². The number of halogens is 2. The SMILES string of the molecule is CCN(CCn1c2ccc(NC(=O)CC(=O)O)cc2c(=O)n1C)c1c(F)cc(N2C[C@H](CNC(C)=O)OC2=O)cc1F. The minimum absolute atomic E-state index is 0.00845. The number of carboxylic acid groups (broad SMARTS) is 1. The van der Waals surface area contributed by atoms with E-state index in [0.717, 1.165) is 17.0 Å². The molecular weight excluding hydrogens is 558 g/mol. The van der Waals surface area contributed by atoms with Gasteiger partial charge in [0.1, 0.15) is 18.2 Å². The molecule has 0 radical (unpaired) electrons. The lowest BCUT2D eigenvalue weighted by atomic mass is 10.2. The maximum atomic E-state index is 15.3. The van der Waals surface area contributed by atoms with E-state index in [-0.39, 0.29) is 66.6 Å². The number of benzene rings is 2. The summed E-state index contributed by atoms with van der Waals surface area (Å²) in [5.41, 5.74) is 0.0656. The molecule has 1 aliphatic heterocycles. The molecule has 1 atom stereocenters. The van der Waals surface area contributed by atoms with Crippen molar-refractivity contribution in [3.63, 3.8) is 0 Å². The number of aromatic nitrogens is 2. The Kier molecular flexibility index (Phi) is 8.78. The summed E-state index contributed by atoms with van der Waals surface area (Å²) >= 11 is 0. The van der Waals surface area contributed by atoms with E-state index in [2.05, 4.69) is 10.6 Å². The monoisotopic (exact) mass is 588 g/mol. The first-order valence-corrected chi connectivity index (χ1v) is 13.1. The summed E-state index contributed by atoms with van der Waals surface area (Å²) in [5.74, 6) is -4.11. The number of likely N-dealkylation sites (N-methyl/N-ethyl adjacent to an activating group) is 1. The first-order valence-electron chi connectivity index (χ1n) is 13.1. The van der Waals surface area contributed by atoms with Crippen LogP contribution in [0.5, 0.6) is 0 Å². The molecule has 0 unspecified atom stereocenters. The van der Waals surface area contributed by atoms with Crippen LogP contribution in [0.1, 0.15) is 20.3 Å². The smallest absolute Gasteiger partial charge is 0.414 e. The number of fused-ring (bicyclic) bond motifs is 1. The van der Waals surface area contributed by atoms with Gasteiger partial charge >= 0.3 is 12.1 Å². The number of rotatable bonds is 11. The van der Waals surface area contributed by atoms with Gasteiger partial charge in [0.15, 0.2) is 11.6 Å². The van der Waals surface area contributed by atoms with Crippen LogP contribution in [0.15, 0.2) is 35.1 Å². The summed E-state index contributed by atoms with van der Waals surface area (Å²) in [5, 5.41) is 14.0. The lowest BCUT2D eigenvalue weighted by Crippen LogP contribution is -2.33. The Bertz CT molecular complexity index is 1600. The third-order valence-corrected chi connectivity index (χ3v) is 6.80. The van der Waals surface area contributed by atoms with Gasteiger partial charge in [-0.1, -0.05) is 0 Å². The fraction of sp³-hybridized carbons (Fsp3) is 0.370. The zero-order chi connectivity index (χ0) is 30.7. The number of hydrogen-bond donors (Lipinski definition) is 3. The van der Waals surface area contributed by atoms with Crippen LogP contribution in [-0.2, 0) is 32.7 Å². The highest BCUT2D eigenvalue weighted by atomic mass is 19.1. The van der Waals surface area contributed by atoms with Crippen molar-refractivity contribution in [3.8, 4) is 0 Å². The Labute approximate surface area is 238 Å². The number of aliphatic carboxylic acids is 1. The van der Waals surface area contributed by atoms with E-state index in [1.54, 1.807) is 17.7 Å². The van der Waals surface area contributed by atoms with Crippen LogP contribution in [0.2, 0.25) is 0 Å². The maximum absolute atomic E-state index is 15.3. The first-order chi connectivity index (χ1) is 19.9. The average Bonchev–Trinajstić information content (AvgIpc) is 3.40. The molecule has 42 heavy (non-hydrogen) atoms. The summed E-state index contributed by atoms with van der Waals surface area (Å²) in [6, 6.07) is 6.65. The van der Waals surface area contributed by atoms with Gasteiger partial charge in [-0.05, 0) is 25.1 Å². The number of nitrogens with one attached hydrogen (secondary N) is 2. The Balaban J connectivity index is 1.52. The van der Waals surface area contributed by atoms with E-state index in [1.807, 2.05) is 0 Å². The quantitative estimate of drug-likeness (QED) is 0.288. The summed E-state index contributed by atoms with van der Waals surface area (Å²) < 4.78 is 38.8. The van der Waals surface area contributed by atoms with Crippen molar-refractivity contribution in [1.82, 2.24) is 14.7 Å². The standard InChI is InChI=1S/C27H30F2N6O7/c1-4-33(25-20(28)10-17(11-21(25)29)34-14-18(42-27(34)41)13-30-15(2)36)7-8-35-22-6-5-16(31-23(37)12-24(38)39)9-19(22)26(40)32(35)3/h5-6,9-11,18H,4,7-8,12-14H2,1-3H3,(H,30,36)(H,31,37)(H,38,39)/t18-/m0/s1. The number of carbonyl (C=O) groups excluding carboxylic acids is 3. The Morgan fingerprint density at radius 2 is 1.83 bits per heavy atom. The van der Waals surface area contributed by atoms with Gasteiger partial charge in [-0.3, -0.25) is 33.4 Å².